The summed E-state index contributed by atoms with van der Waals surface area (Å²) in [5, 5.41) is 0. The molecule has 0 atom stereocenters. The van der Waals surface area contributed by atoms with E-state index in [9.17, 15) is 0 Å². The van der Waals surface area contributed by atoms with Crippen LogP contribution < -0.4 is 16.2 Å². The van der Waals surface area contributed by atoms with Crippen LogP contribution in [0.1, 0.15) is 65.6 Å². The quantitative estimate of drug-likeness (QED) is 0.658. The second-order valence-corrected chi connectivity index (χ2v) is 6.91. The van der Waals surface area contributed by atoms with E-state index < -0.39 is 0 Å². The maximum Gasteiger partial charge on any atom is 0.145 e. The van der Waals surface area contributed by atoms with Crippen molar-refractivity contribution in [3.8, 4) is 0 Å². The zero-order chi connectivity index (χ0) is 15.5. The van der Waals surface area contributed by atoms with Crippen LogP contribution in [0.3, 0.4) is 0 Å². The van der Waals surface area contributed by atoms with Gasteiger partial charge in [-0.3, -0.25) is 0 Å². The second-order valence-electron chi connectivity index (χ2n) is 6.91. The van der Waals surface area contributed by atoms with Crippen LogP contribution in [0.5, 0.6) is 0 Å². The molecule has 21 heavy (non-hydrogen) atoms. The van der Waals surface area contributed by atoms with Gasteiger partial charge in [-0.2, -0.15) is 0 Å². The predicted molar refractivity (Wildman–Crippen MR) is 88.4 cm³/mol. The van der Waals surface area contributed by atoms with Gasteiger partial charge < -0.3 is 10.3 Å². The lowest BCUT2D eigenvalue weighted by atomic mass is 9.94. The maximum absolute atomic E-state index is 5.59. The van der Waals surface area contributed by atoms with Crippen molar-refractivity contribution in [1.82, 2.24) is 9.97 Å². The van der Waals surface area contributed by atoms with Crippen molar-refractivity contribution >= 4 is 11.6 Å². The molecular weight excluding hydrogens is 262 g/mol. The molecule has 1 fully saturated rings. The van der Waals surface area contributed by atoms with E-state index in [0.29, 0.717) is 11.9 Å². The van der Waals surface area contributed by atoms with E-state index in [0.717, 1.165) is 18.2 Å². The van der Waals surface area contributed by atoms with Crippen molar-refractivity contribution < 1.29 is 0 Å². The van der Waals surface area contributed by atoms with Gasteiger partial charge in [0.05, 0.1) is 0 Å². The largest absolute Gasteiger partial charge is 0.354 e. The van der Waals surface area contributed by atoms with Gasteiger partial charge in [0, 0.05) is 24.1 Å². The Bertz CT molecular complexity index is 460. The molecule has 118 valence electrons. The molecule has 5 nitrogen and oxygen atoms in total. The van der Waals surface area contributed by atoms with Gasteiger partial charge in [0.2, 0.25) is 0 Å². The number of hydrogen-bond donors (Lipinski definition) is 2. The first-order chi connectivity index (χ1) is 9.95. The SMILES string of the molecule is CCN(c1cc(NN)nc(C(C)(C)C)n1)C1CCCCC1. The van der Waals surface area contributed by atoms with E-state index in [1.165, 1.54) is 32.1 Å². The molecule has 1 aliphatic rings. The van der Waals surface area contributed by atoms with Crippen LogP contribution in [0.4, 0.5) is 11.6 Å². The van der Waals surface area contributed by atoms with Crippen LogP contribution in [-0.2, 0) is 5.41 Å². The molecule has 1 saturated carbocycles. The highest BCUT2D eigenvalue weighted by Gasteiger charge is 2.24. The zero-order valence-electron chi connectivity index (χ0n) is 13.8. The fourth-order valence-electron chi connectivity index (χ4n) is 2.99. The monoisotopic (exact) mass is 291 g/mol. The Balaban J connectivity index is 2.35. The minimum Gasteiger partial charge on any atom is -0.354 e. The first kappa shape index (κ1) is 16.0. The molecule has 1 aromatic rings. The lowest BCUT2D eigenvalue weighted by Crippen LogP contribution is -2.38. The second kappa shape index (κ2) is 6.60. The number of hydrogen-bond acceptors (Lipinski definition) is 5. The maximum atomic E-state index is 5.59. The predicted octanol–water partition coefficient (Wildman–Crippen LogP) is 3.22. The fraction of sp³-hybridized carbons (Fsp3) is 0.750. The molecule has 1 heterocycles. The number of anilines is 2. The molecule has 1 aromatic heterocycles. The number of aromatic nitrogens is 2. The number of nitrogens with zero attached hydrogens (tertiary/aromatic N) is 3. The average Bonchev–Trinajstić information content (AvgIpc) is 2.48. The van der Waals surface area contributed by atoms with Gasteiger partial charge in [0.1, 0.15) is 17.5 Å². The van der Waals surface area contributed by atoms with Crippen LogP contribution in [-0.4, -0.2) is 22.6 Å². The van der Waals surface area contributed by atoms with Crippen LogP contribution in [0.25, 0.3) is 0 Å². The molecule has 2 rings (SSSR count). The lowest BCUT2D eigenvalue weighted by Gasteiger charge is -2.35. The van der Waals surface area contributed by atoms with Gasteiger partial charge in [-0.15, -0.1) is 0 Å². The standard InChI is InChI=1S/C16H29N5/c1-5-21(12-9-7-6-8-10-12)14-11-13(20-17)18-15(19-14)16(2,3)4/h11-12H,5-10,17H2,1-4H3,(H,18,19,20). The highest BCUT2D eigenvalue weighted by molar-refractivity contribution is 5.50. The zero-order valence-corrected chi connectivity index (χ0v) is 13.8. The van der Waals surface area contributed by atoms with Crippen LogP contribution >= 0.6 is 0 Å². The molecular formula is C16H29N5. The minimum atomic E-state index is -0.0897. The van der Waals surface area contributed by atoms with Crippen molar-refractivity contribution in [2.75, 3.05) is 16.9 Å². The van der Waals surface area contributed by atoms with E-state index >= 15 is 0 Å². The summed E-state index contributed by atoms with van der Waals surface area (Å²) in [5.41, 5.74) is 2.59. The molecule has 5 heteroatoms. The van der Waals surface area contributed by atoms with Gasteiger partial charge in [0.15, 0.2) is 0 Å². The molecule has 0 aromatic carbocycles. The van der Waals surface area contributed by atoms with E-state index in [1.54, 1.807) is 0 Å². The Morgan fingerprint density at radius 1 is 1.24 bits per heavy atom. The van der Waals surface area contributed by atoms with Gasteiger partial charge in [-0.1, -0.05) is 40.0 Å². The number of nitrogens with two attached hydrogens (primary N) is 1. The van der Waals surface area contributed by atoms with Crippen molar-refractivity contribution in [3.63, 3.8) is 0 Å². The van der Waals surface area contributed by atoms with Crippen LogP contribution in [0, 0.1) is 0 Å². The summed E-state index contributed by atoms with van der Waals surface area (Å²) in [7, 11) is 0. The molecule has 0 amide bonds. The van der Waals surface area contributed by atoms with Gasteiger partial charge >= 0.3 is 0 Å². The molecule has 0 spiro atoms. The third kappa shape index (κ3) is 3.84. The van der Waals surface area contributed by atoms with E-state index in [-0.39, 0.29) is 5.41 Å². The summed E-state index contributed by atoms with van der Waals surface area (Å²) in [5.74, 6) is 8.12. The van der Waals surface area contributed by atoms with Gasteiger partial charge in [-0.25, -0.2) is 15.8 Å². The van der Waals surface area contributed by atoms with Crippen molar-refractivity contribution in [2.45, 2.75) is 71.3 Å². The topological polar surface area (TPSA) is 67.1 Å². The molecule has 3 N–H and O–H groups in total. The fourth-order valence-corrected chi connectivity index (χ4v) is 2.99. The van der Waals surface area contributed by atoms with E-state index in [2.05, 4.69) is 43.0 Å². The minimum absolute atomic E-state index is 0.0897. The summed E-state index contributed by atoms with van der Waals surface area (Å²) in [6.07, 6.45) is 6.52. The molecule has 0 bridgehead atoms. The molecule has 0 aliphatic heterocycles. The van der Waals surface area contributed by atoms with Crippen molar-refractivity contribution in [2.24, 2.45) is 5.84 Å². The Morgan fingerprint density at radius 2 is 1.90 bits per heavy atom. The average molecular weight is 291 g/mol. The lowest BCUT2D eigenvalue weighted by molar-refractivity contribution is 0.415. The first-order valence-electron chi connectivity index (χ1n) is 8.08. The Hall–Kier alpha value is -1.36. The third-order valence-electron chi connectivity index (χ3n) is 4.18. The van der Waals surface area contributed by atoms with Crippen molar-refractivity contribution in [1.29, 1.82) is 0 Å². The number of nitrogens with one attached hydrogen (secondary N) is 1. The smallest absolute Gasteiger partial charge is 0.145 e. The number of nitrogen functional groups attached to an aromatic ring is 1. The number of rotatable bonds is 4. The summed E-state index contributed by atoms with van der Waals surface area (Å²) in [6, 6.07) is 2.56. The highest BCUT2D eigenvalue weighted by Crippen LogP contribution is 2.29. The summed E-state index contributed by atoms with van der Waals surface area (Å²) < 4.78 is 0. The van der Waals surface area contributed by atoms with Gasteiger partial charge in [0.25, 0.3) is 0 Å². The summed E-state index contributed by atoms with van der Waals surface area (Å²) in [4.78, 5) is 11.7. The Kier molecular flexibility index (Phi) is 5.04. The molecule has 1 aliphatic carbocycles. The molecule has 0 radical (unpaired) electrons. The van der Waals surface area contributed by atoms with Crippen LogP contribution in [0.15, 0.2) is 6.07 Å². The van der Waals surface area contributed by atoms with E-state index in [4.69, 9.17) is 10.8 Å². The molecule has 0 saturated heterocycles. The van der Waals surface area contributed by atoms with Crippen LogP contribution in [0.2, 0.25) is 0 Å². The Labute approximate surface area is 128 Å². The third-order valence-corrected chi connectivity index (χ3v) is 4.18. The van der Waals surface area contributed by atoms with Gasteiger partial charge in [-0.05, 0) is 19.8 Å². The Morgan fingerprint density at radius 3 is 2.43 bits per heavy atom. The molecule has 0 unspecified atom stereocenters. The first-order valence-corrected chi connectivity index (χ1v) is 8.08. The van der Waals surface area contributed by atoms with E-state index in [1.807, 2.05) is 6.07 Å². The van der Waals surface area contributed by atoms with Crippen molar-refractivity contribution in [3.05, 3.63) is 11.9 Å². The number of hydrazine groups is 1. The summed E-state index contributed by atoms with van der Waals surface area (Å²) >= 11 is 0. The summed E-state index contributed by atoms with van der Waals surface area (Å²) in [6.45, 7) is 9.55. The highest BCUT2D eigenvalue weighted by atomic mass is 15.3. The normalized spacial score (nSPS) is 16.8.